The SMILES string of the molecule is CN1CCOc2cc(C=O)cc(/N=C/c3cc4ccccc4n3Cc3cnccn3)c21. The number of fused-ring (bicyclic) bond motifs is 2. The van der Waals surface area contributed by atoms with Crippen LogP contribution in [0.15, 0.2) is 66.0 Å². The molecular weight excluding hydrogens is 390 g/mol. The molecule has 2 aromatic carbocycles. The number of aliphatic imine (C=N–C) groups is 1. The molecule has 0 N–H and O–H groups in total. The normalized spacial score (nSPS) is 13.4. The third-order valence-electron chi connectivity index (χ3n) is 5.39. The monoisotopic (exact) mass is 411 g/mol. The molecular formula is C24H21N5O2. The average Bonchev–Trinajstić information content (AvgIpc) is 3.15. The van der Waals surface area contributed by atoms with Crippen LogP contribution >= 0.6 is 0 Å². The Labute approximate surface area is 179 Å². The quantitative estimate of drug-likeness (QED) is 0.368. The van der Waals surface area contributed by atoms with Gasteiger partial charge in [0.1, 0.15) is 24.3 Å². The van der Waals surface area contributed by atoms with Crippen LogP contribution in [0.2, 0.25) is 0 Å². The van der Waals surface area contributed by atoms with Crippen LogP contribution < -0.4 is 9.64 Å². The minimum atomic E-state index is 0.543. The Kier molecular flexibility index (Phi) is 4.92. The van der Waals surface area contributed by atoms with Crippen molar-refractivity contribution in [1.82, 2.24) is 14.5 Å². The molecule has 0 fully saturated rings. The lowest BCUT2D eigenvalue weighted by Crippen LogP contribution is -2.29. The van der Waals surface area contributed by atoms with Crippen LogP contribution in [0.1, 0.15) is 21.7 Å². The number of para-hydroxylation sites is 1. The lowest BCUT2D eigenvalue weighted by atomic mass is 10.1. The van der Waals surface area contributed by atoms with E-state index >= 15 is 0 Å². The van der Waals surface area contributed by atoms with Gasteiger partial charge >= 0.3 is 0 Å². The van der Waals surface area contributed by atoms with Crippen LogP contribution in [0.25, 0.3) is 10.9 Å². The molecule has 3 heterocycles. The fourth-order valence-corrected chi connectivity index (χ4v) is 3.90. The minimum absolute atomic E-state index is 0.543. The lowest BCUT2D eigenvalue weighted by molar-refractivity contribution is 0.112. The summed E-state index contributed by atoms with van der Waals surface area (Å²) in [6, 6.07) is 13.9. The number of ether oxygens (including phenoxy) is 1. The van der Waals surface area contributed by atoms with Gasteiger partial charge in [0.25, 0.3) is 0 Å². The van der Waals surface area contributed by atoms with E-state index in [9.17, 15) is 4.79 Å². The van der Waals surface area contributed by atoms with Crippen molar-refractivity contribution in [1.29, 1.82) is 0 Å². The van der Waals surface area contributed by atoms with Crippen molar-refractivity contribution in [2.75, 3.05) is 25.1 Å². The molecule has 0 amide bonds. The first kappa shape index (κ1) is 19.0. The summed E-state index contributed by atoms with van der Waals surface area (Å²) >= 11 is 0. The molecule has 0 radical (unpaired) electrons. The van der Waals surface area contributed by atoms with Crippen LogP contribution in [-0.2, 0) is 6.54 Å². The maximum Gasteiger partial charge on any atom is 0.150 e. The topological polar surface area (TPSA) is 72.6 Å². The first-order chi connectivity index (χ1) is 15.2. The molecule has 0 atom stereocenters. The van der Waals surface area contributed by atoms with E-state index in [0.717, 1.165) is 40.8 Å². The molecule has 7 heteroatoms. The van der Waals surface area contributed by atoms with Crippen molar-refractivity contribution in [2.24, 2.45) is 4.99 Å². The smallest absolute Gasteiger partial charge is 0.150 e. The van der Waals surface area contributed by atoms with Gasteiger partial charge in [0.05, 0.1) is 42.6 Å². The summed E-state index contributed by atoms with van der Waals surface area (Å²) < 4.78 is 7.95. The zero-order valence-electron chi connectivity index (χ0n) is 17.1. The number of nitrogens with zero attached hydrogens (tertiary/aromatic N) is 5. The van der Waals surface area contributed by atoms with E-state index in [2.05, 4.69) is 37.6 Å². The number of anilines is 1. The molecule has 31 heavy (non-hydrogen) atoms. The molecule has 1 aliphatic rings. The van der Waals surface area contributed by atoms with E-state index in [1.807, 2.05) is 25.4 Å². The zero-order valence-corrected chi connectivity index (χ0v) is 17.1. The number of benzene rings is 2. The van der Waals surface area contributed by atoms with Gasteiger partial charge in [0, 0.05) is 35.9 Å². The molecule has 2 aromatic heterocycles. The standard InChI is InChI=1S/C24H21N5O2/c1-28-8-9-31-23-11-17(16-30)10-21(24(23)28)27-14-20-12-18-4-2-3-5-22(18)29(20)15-19-13-25-6-7-26-19/h2-7,10-14,16H,8-9,15H2,1H3/b27-14+. The van der Waals surface area contributed by atoms with Crippen LogP contribution in [0.3, 0.4) is 0 Å². The van der Waals surface area contributed by atoms with Crippen molar-refractivity contribution in [3.05, 3.63) is 78.0 Å². The molecule has 7 nitrogen and oxygen atoms in total. The second-order valence-electron chi connectivity index (χ2n) is 7.44. The molecule has 5 rings (SSSR count). The number of likely N-dealkylation sites (N-methyl/N-ethyl adjacent to an activating group) is 1. The lowest BCUT2D eigenvalue weighted by Gasteiger charge is -2.29. The van der Waals surface area contributed by atoms with Crippen LogP contribution in [0.5, 0.6) is 5.75 Å². The van der Waals surface area contributed by atoms with Gasteiger partial charge in [-0.25, -0.2) is 0 Å². The zero-order chi connectivity index (χ0) is 21.2. The van der Waals surface area contributed by atoms with Gasteiger partial charge in [-0.3, -0.25) is 19.8 Å². The highest BCUT2D eigenvalue weighted by Gasteiger charge is 2.20. The van der Waals surface area contributed by atoms with Gasteiger partial charge in [-0.1, -0.05) is 18.2 Å². The number of carbonyl (C=O) groups excluding carboxylic acids is 1. The van der Waals surface area contributed by atoms with Gasteiger partial charge in [0.15, 0.2) is 0 Å². The highest BCUT2D eigenvalue weighted by molar-refractivity contribution is 5.93. The maximum absolute atomic E-state index is 11.4. The Morgan fingerprint density at radius 3 is 2.94 bits per heavy atom. The van der Waals surface area contributed by atoms with Gasteiger partial charge in [-0.2, -0.15) is 0 Å². The summed E-state index contributed by atoms with van der Waals surface area (Å²) in [5.41, 5.74) is 5.05. The predicted octanol–water partition coefficient (Wildman–Crippen LogP) is 3.87. The Balaban J connectivity index is 1.60. The summed E-state index contributed by atoms with van der Waals surface area (Å²) in [5.74, 6) is 0.686. The summed E-state index contributed by atoms with van der Waals surface area (Å²) in [7, 11) is 2.01. The molecule has 0 unspecified atom stereocenters. The Morgan fingerprint density at radius 1 is 1.19 bits per heavy atom. The molecule has 0 saturated heterocycles. The molecule has 4 aromatic rings. The number of hydrogen-bond acceptors (Lipinski definition) is 6. The second kappa shape index (κ2) is 8.02. The fraction of sp³-hybridized carbons (Fsp3) is 0.167. The third kappa shape index (κ3) is 3.66. The van der Waals surface area contributed by atoms with Gasteiger partial charge in [0.2, 0.25) is 0 Å². The Morgan fingerprint density at radius 2 is 2.10 bits per heavy atom. The van der Waals surface area contributed by atoms with Crippen molar-refractivity contribution in [2.45, 2.75) is 6.54 Å². The summed E-state index contributed by atoms with van der Waals surface area (Å²) in [5, 5.41) is 1.12. The molecule has 0 saturated carbocycles. The van der Waals surface area contributed by atoms with E-state index in [0.29, 0.717) is 30.2 Å². The van der Waals surface area contributed by atoms with Crippen LogP contribution in [-0.4, -0.2) is 47.2 Å². The van der Waals surface area contributed by atoms with E-state index < -0.39 is 0 Å². The molecule has 0 bridgehead atoms. The largest absolute Gasteiger partial charge is 0.489 e. The highest BCUT2D eigenvalue weighted by atomic mass is 16.5. The van der Waals surface area contributed by atoms with Gasteiger partial charge in [-0.15, -0.1) is 0 Å². The average molecular weight is 411 g/mol. The second-order valence-corrected chi connectivity index (χ2v) is 7.44. The predicted molar refractivity (Wildman–Crippen MR) is 121 cm³/mol. The minimum Gasteiger partial charge on any atom is -0.489 e. The molecule has 0 aliphatic carbocycles. The van der Waals surface area contributed by atoms with Crippen molar-refractivity contribution in [3.8, 4) is 5.75 Å². The maximum atomic E-state index is 11.4. The van der Waals surface area contributed by atoms with Gasteiger partial charge < -0.3 is 14.2 Å². The first-order valence-electron chi connectivity index (χ1n) is 10.1. The highest BCUT2D eigenvalue weighted by Crippen LogP contribution is 2.40. The number of aldehydes is 1. The fourth-order valence-electron chi connectivity index (χ4n) is 3.90. The van der Waals surface area contributed by atoms with E-state index in [1.54, 1.807) is 30.7 Å². The Hall–Kier alpha value is -4.00. The number of aromatic nitrogens is 3. The van der Waals surface area contributed by atoms with Crippen LogP contribution in [0.4, 0.5) is 11.4 Å². The van der Waals surface area contributed by atoms with E-state index in [4.69, 9.17) is 9.73 Å². The van der Waals surface area contributed by atoms with Gasteiger partial charge in [-0.05, 0) is 24.3 Å². The van der Waals surface area contributed by atoms with Crippen molar-refractivity contribution < 1.29 is 9.53 Å². The molecule has 1 aliphatic heterocycles. The summed E-state index contributed by atoms with van der Waals surface area (Å²) in [6.07, 6.45) is 7.79. The summed E-state index contributed by atoms with van der Waals surface area (Å²) in [4.78, 5) is 26.9. The van der Waals surface area contributed by atoms with Crippen LogP contribution in [0, 0.1) is 0 Å². The number of hydrogen-bond donors (Lipinski definition) is 0. The molecule has 154 valence electrons. The first-order valence-corrected chi connectivity index (χ1v) is 10.1. The van der Waals surface area contributed by atoms with Crippen molar-refractivity contribution in [3.63, 3.8) is 0 Å². The molecule has 0 spiro atoms. The number of carbonyl (C=O) groups is 1. The van der Waals surface area contributed by atoms with E-state index in [1.165, 1.54) is 0 Å². The number of rotatable bonds is 5. The van der Waals surface area contributed by atoms with E-state index in [-0.39, 0.29) is 0 Å². The summed E-state index contributed by atoms with van der Waals surface area (Å²) in [6.45, 7) is 1.93. The Bertz CT molecular complexity index is 1280. The third-order valence-corrected chi connectivity index (χ3v) is 5.39. The van der Waals surface area contributed by atoms with Crippen molar-refractivity contribution >= 4 is 34.8 Å².